The second-order valence-corrected chi connectivity index (χ2v) is 7.78. The number of nitrogens with one attached hydrogen (secondary N) is 2. The Labute approximate surface area is 112 Å². The molecule has 7 heteroatoms. The van der Waals surface area contributed by atoms with E-state index in [4.69, 9.17) is 0 Å². The molecule has 2 heterocycles. The second-order valence-electron chi connectivity index (χ2n) is 4.61. The minimum atomic E-state index is -2.82. The summed E-state index contributed by atoms with van der Waals surface area (Å²) in [6, 6.07) is 0.0919. The zero-order valence-electron chi connectivity index (χ0n) is 10.5. The Morgan fingerprint density at radius 3 is 3.11 bits per heavy atom. The van der Waals surface area contributed by atoms with Gasteiger partial charge >= 0.3 is 0 Å². The van der Waals surface area contributed by atoms with Crippen molar-refractivity contribution in [2.45, 2.75) is 25.9 Å². The van der Waals surface area contributed by atoms with E-state index in [0.29, 0.717) is 6.54 Å². The minimum Gasteiger partial charge on any atom is -0.312 e. The summed E-state index contributed by atoms with van der Waals surface area (Å²) in [4.78, 5) is 4.36. The highest BCUT2D eigenvalue weighted by atomic mass is 32.2. The Morgan fingerprint density at radius 1 is 1.61 bits per heavy atom. The molecule has 0 aliphatic carbocycles. The molecule has 1 aliphatic rings. The zero-order valence-corrected chi connectivity index (χ0v) is 12.1. The summed E-state index contributed by atoms with van der Waals surface area (Å²) in [6.07, 6.45) is 0.837. The molecule has 1 aromatic heterocycles. The van der Waals surface area contributed by atoms with Gasteiger partial charge in [0.1, 0.15) is 5.01 Å². The Hall–Kier alpha value is -0.500. The molecular weight excluding hydrogens is 270 g/mol. The second kappa shape index (κ2) is 6.10. The third-order valence-corrected chi connectivity index (χ3v) is 5.62. The van der Waals surface area contributed by atoms with Crippen LogP contribution in [0.2, 0.25) is 0 Å². The number of hydrogen-bond donors (Lipinski definition) is 2. The first-order valence-electron chi connectivity index (χ1n) is 6.11. The normalized spacial score (nSPS) is 23.1. The fourth-order valence-electron chi connectivity index (χ4n) is 2.01. The first-order valence-corrected chi connectivity index (χ1v) is 8.81. The molecule has 2 N–H and O–H groups in total. The number of sulfone groups is 1. The summed E-state index contributed by atoms with van der Waals surface area (Å²) >= 11 is 1.65. The first-order chi connectivity index (χ1) is 8.55. The van der Waals surface area contributed by atoms with Gasteiger partial charge in [-0.3, -0.25) is 0 Å². The predicted molar refractivity (Wildman–Crippen MR) is 73.6 cm³/mol. The van der Waals surface area contributed by atoms with Gasteiger partial charge in [-0.15, -0.1) is 11.3 Å². The molecule has 0 saturated carbocycles. The predicted octanol–water partition coefficient (Wildman–Crippen LogP) is 0.318. The average molecular weight is 289 g/mol. The van der Waals surface area contributed by atoms with E-state index in [1.807, 2.05) is 12.3 Å². The maximum Gasteiger partial charge on any atom is 0.153 e. The number of aryl methyl sites for hydroxylation is 1. The summed E-state index contributed by atoms with van der Waals surface area (Å²) in [5.74, 6) is 0.542. The van der Waals surface area contributed by atoms with Crippen LogP contribution in [0.3, 0.4) is 0 Å². The molecule has 1 aromatic rings. The first kappa shape index (κ1) is 13.9. The fraction of sp³-hybridized carbons (Fsp3) is 0.727. The summed E-state index contributed by atoms with van der Waals surface area (Å²) in [6.45, 7) is 4.14. The van der Waals surface area contributed by atoms with Crippen molar-refractivity contribution in [2.24, 2.45) is 0 Å². The van der Waals surface area contributed by atoms with E-state index >= 15 is 0 Å². The van der Waals surface area contributed by atoms with Crippen molar-refractivity contribution in [1.29, 1.82) is 0 Å². The number of aromatic nitrogens is 1. The van der Waals surface area contributed by atoms with Crippen LogP contribution in [0.25, 0.3) is 0 Å². The van der Waals surface area contributed by atoms with Crippen LogP contribution in [0.1, 0.15) is 17.1 Å². The molecule has 0 bridgehead atoms. The number of hydrogen-bond acceptors (Lipinski definition) is 6. The minimum absolute atomic E-state index is 0.0919. The molecule has 1 fully saturated rings. The highest BCUT2D eigenvalue weighted by Gasteiger charge is 2.23. The summed E-state index contributed by atoms with van der Waals surface area (Å²) in [5, 5.41) is 9.66. The molecule has 0 spiro atoms. The van der Waals surface area contributed by atoms with E-state index in [2.05, 4.69) is 15.6 Å². The van der Waals surface area contributed by atoms with E-state index in [-0.39, 0.29) is 17.5 Å². The highest BCUT2D eigenvalue weighted by molar-refractivity contribution is 7.91. The van der Waals surface area contributed by atoms with Crippen molar-refractivity contribution in [2.75, 3.05) is 24.6 Å². The lowest BCUT2D eigenvalue weighted by Crippen LogP contribution is -2.46. The molecule has 1 unspecified atom stereocenters. The topological polar surface area (TPSA) is 71.1 Å². The van der Waals surface area contributed by atoms with Crippen molar-refractivity contribution in [3.05, 3.63) is 16.1 Å². The van der Waals surface area contributed by atoms with Crippen LogP contribution in [0.15, 0.2) is 5.38 Å². The molecule has 1 aliphatic heterocycles. The van der Waals surface area contributed by atoms with E-state index in [0.717, 1.165) is 30.2 Å². The molecule has 0 amide bonds. The number of rotatable bonds is 5. The molecule has 0 radical (unpaired) electrons. The zero-order chi connectivity index (χ0) is 13.0. The van der Waals surface area contributed by atoms with Crippen LogP contribution in [-0.4, -0.2) is 44.0 Å². The van der Waals surface area contributed by atoms with Crippen molar-refractivity contribution >= 4 is 21.2 Å². The van der Waals surface area contributed by atoms with Gasteiger partial charge in [0.2, 0.25) is 0 Å². The summed E-state index contributed by atoms with van der Waals surface area (Å²) < 4.78 is 22.9. The largest absolute Gasteiger partial charge is 0.312 e. The molecule has 18 heavy (non-hydrogen) atoms. The van der Waals surface area contributed by atoms with E-state index in [1.54, 1.807) is 11.3 Å². The van der Waals surface area contributed by atoms with Gasteiger partial charge in [-0.25, -0.2) is 13.4 Å². The third-order valence-electron chi connectivity index (χ3n) is 2.91. The van der Waals surface area contributed by atoms with E-state index in [9.17, 15) is 8.42 Å². The maximum atomic E-state index is 11.4. The quantitative estimate of drug-likeness (QED) is 0.764. The maximum absolute atomic E-state index is 11.4. The fourth-order valence-corrected chi connectivity index (χ4v) is 4.24. The standard InChI is InChI=1S/C11H19N3O2S2/c1-9-7-17-11(14-9)6-12-3-2-10-8-18(15,16)5-4-13-10/h7,10,12-13H,2-6,8H2,1H3. The Bertz CT molecular complexity index is 484. The van der Waals surface area contributed by atoms with Crippen molar-refractivity contribution in [3.8, 4) is 0 Å². The van der Waals surface area contributed by atoms with E-state index in [1.165, 1.54) is 0 Å². The smallest absolute Gasteiger partial charge is 0.153 e. The molecular formula is C11H19N3O2S2. The molecule has 5 nitrogen and oxygen atoms in total. The lowest BCUT2D eigenvalue weighted by Gasteiger charge is -2.23. The third kappa shape index (κ3) is 4.31. The summed E-state index contributed by atoms with van der Waals surface area (Å²) in [7, 11) is -2.82. The van der Waals surface area contributed by atoms with Crippen LogP contribution in [0, 0.1) is 6.92 Å². The van der Waals surface area contributed by atoms with Gasteiger partial charge in [0.25, 0.3) is 0 Å². The Morgan fingerprint density at radius 2 is 2.44 bits per heavy atom. The lowest BCUT2D eigenvalue weighted by molar-refractivity contribution is 0.479. The number of nitrogens with zero attached hydrogens (tertiary/aromatic N) is 1. The van der Waals surface area contributed by atoms with Crippen LogP contribution in [-0.2, 0) is 16.4 Å². The van der Waals surface area contributed by atoms with Crippen LogP contribution in [0.4, 0.5) is 0 Å². The van der Waals surface area contributed by atoms with Gasteiger partial charge in [-0.05, 0) is 19.9 Å². The van der Waals surface area contributed by atoms with E-state index < -0.39 is 9.84 Å². The lowest BCUT2D eigenvalue weighted by atomic mass is 10.2. The van der Waals surface area contributed by atoms with Gasteiger partial charge in [0.15, 0.2) is 9.84 Å². The molecule has 0 aromatic carbocycles. The summed E-state index contributed by atoms with van der Waals surface area (Å²) in [5.41, 5.74) is 1.05. The van der Waals surface area contributed by atoms with Gasteiger partial charge < -0.3 is 10.6 Å². The monoisotopic (exact) mass is 289 g/mol. The van der Waals surface area contributed by atoms with Gasteiger partial charge in [-0.1, -0.05) is 0 Å². The highest BCUT2D eigenvalue weighted by Crippen LogP contribution is 2.08. The van der Waals surface area contributed by atoms with Crippen molar-refractivity contribution in [1.82, 2.24) is 15.6 Å². The molecule has 1 atom stereocenters. The van der Waals surface area contributed by atoms with Crippen molar-refractivity contribution in [3.63, 3.8) is 0 Å². The Balaban J connectivity index is 1.66. The van der Waals surface area contributed by atoms with Crippen LogP contribution >= 0.6 is 11.3 Å². The SMILES string of the molecule is Cc1csc(CNCCC2CS(=O)(=O)CCN2)n1. The number of thiazole rings is 1. The van der Waals surface area contributed by atoms with Gasteiger partial charge in [0, 0.05) is 30.2 Å². The van der Waals surface area contributed by atoms with Gasteiger partial charge in [0.05, 0.1) is 11.5 Å². The average Bonchev–Trinajstić information content (AvgIpc) is 2.69. The van der Waals surface area contributed by atoms with Crippen LogP contribution < -0.4 is 10.6 Å². The molecule has 102 valence electrons. The van der Waals surface area contributed by atoms with Gasteiger partial charge in [-0.2, -0.15) is 0 Å². The van der Waals surface area contributed by atoms with Crippen LogP contribution in [0.5, 0.6) is 0 Å². The van der Waals surface area contributed by atoms with Crippen molar-refractivity contribution < 1.29 is 8.42 Å². The molecule has 2 rings (SSSR count). The Kier molecular flexibility index (Phi) is 4.71. The molecule has 1 saturated heterocycles.